The highest BCUT2D eigenvalue weighted by Crippen LogP contribution is 2.42. The van der Waals surface area contributed by atoms with Crippen LogP contribution in [0.5, 0.6) is 5.75 Å². The maximum atomic E-state index is 13.9. The Morgan fingerprint density at radius 2 is 1.74 bits per heavy atom. The SMILES string of the molecule is CN(C1CCCc2c(OCC(=O)OC(C)(C)C)cccc21)S(=O)(=O)c1cc(Sc2ccc(Cl)cc2)cc(C(F)(F)F)c1. The van der Waals surface area contributed by atoms with E-state index in [1.165, 1.54) is 13.1 Å². The number of halogens is 4. The van der Waals surface area contributed by atoms with Crippen molar-refractivity contribution in [2.24, 2.45) is 0 Å². The molecular formula is C30H31ClF3NO5S2. The van der Waals surface area contributed by atoms with Crippen molar-refractivity contribution in [2.75, 3.05) is 13.7 Å². The molecule has 0 fully saturated rings. The van der Waals surface area contributed by atoms with Gasteiger partial charge in [-0.1, -0.05) is 35.5 Å². The van der Waals surface area contributed by atoms with E-state index in [1.807, 2.05) is 0 Å². The number of fused-ring (bicyclic) bond motifs is 1. The molecule has 1 aliphatic rings. The number of carbonyl (C=O) groups is 1. The van der Waals surface area contributed by atoms with E-state index < -0.39 is 44.3 Å². The third-order valence-corrected chi connectivity index (χ3v) is 9.65. The summed E-state index contributed by atoms with van der Waals surface area (Å²) in [6, 6.07) is 13.9. The lowest BCUT2D eigenvalue weighted by Gasteiger charge is -2.33. The van der Waals surface area contributed by atoms with Gasteiger partial charge in [-0.05, 0) is 99.7 Å². The zero-order valence-corrected chi connectivity index (χ0v) is 25.9. The number of rotatable bonds is 8. The summed E-state index contributed by atoms with van der Waals surface area (Å²) in [4.78, 5) is 12.5. The summed E-state index contributed by atoms with van der Waals surface area (Å²) in [5.41, 5.74) is -0.301. The summed E-state index contributed by atoms with van der Waals surface area (Å²) in [5, 5.41) is 0.472. The number of ether oxygens (including phenoxy) is 2. The van der Waals surface area contributed by atoms with Crippen molar-refractivity contribution in [1.29, 1.82) is 0 Å². The van der Waals surface area contributed by atoms with Crippen LogP contribution in [0.15, 0.2) is 75.4 Å². The molecule has 0 bridgehead atoms. The molecule has 0 aromatic heterocycles. The first-order chi connectivity index (χ1) is 19.5. The van der Waals surface area contributed by atoms with Gasteiger partial charge < -0.3 is 9.47 Å². The minimum Gasteiger partial charge on any atom is -0.482 e. The Morgan fingerprint density at radius 1 is 1.05 bits per heavy atom. The number of hydrogen-bond acceptors (Lipinski definition) is 6. The number of esters is 1. The van der Waals surface area contributed by atoms with Crippen LogP contribution in [0.1, 0.15) is 56.3 Å². The molecule has 1 unspecified atom stereocenters. The Balaban J connectivity index is 1.65. The third kappa shape index (κ3) is 7.80. The number of hydrogen-bond donors (Lipinski definition) is 0. The van der Waals surface area contributed by atoms with Crippen molar-refractivity contribution in [3.63, 3.8) is 0 Å². The molecule has 0 amide bonds. The molecule has 0 spiro atoms. The molecule has 0 saturated heterocycles. The molecule has 3 aromatic rings. The molecule has 0 heterocycles. The van der Waals surface area contributed by atoms with Crippen LogP contribution < -0.4 is 4.74 Å². The maximum absolute atomic E-state index is 13.9. The van der Waals surface area contributed by atoms with E-state index >= 15 is 0 Å². The summed E-state index contributed by atoms with van der Waals surface area (Å²) in [6.07, 6.45) is -3.08. The van der Waals surface area contributed by atoms with Gasteiger partial charge in [0.05, 0.1) is 16.5 Å². The first-order valence-electron chi connectivity index (χ1n) is 13.1. The fraction of sp³-hybridized carbons (Fsp3) is 0.367. The largest absolute Gasteiger partial charge is 0.482 e. The molecule has 226 valence electrons. The second-order valence-corrected chi connectivity index (χ2v) is 14.5. The summed E-state index contributed by atoms with van der Waals surface area (Å²) >= 11 is 6.93. The summed E-state index contributed by atoms with van der Waals surface area (Å²) < 4.78 is 81.5. The summed E-state index contributed by atoms with van der Waals surface area (Å²) in [6.45, 7) is 4.93. The van der Waals surface area contributed by atoms with Crippen molar-refractivity contribution >= 4 is 39.4 Å². The van der Waals surface area contributed by atoms with E-state index in [9.17, 15) is 26.4 Å². The van der Waals surface area contributed by atoms with Crippen LogP contribution in [0, 0.1) is 0 Å². The lowest BCUT2D eigenvalue weighted by atomic mass is 9.87. The van der Waals surface area contributed by atoms with Gasteiger partial charge in [0.1, 0.15) is 11.4 Å². The average Bonchev–Trinajstić information content (AvgIpc) is 2.90. The number of alkyl halides is 3. The van der Waals surface area contributed by atoms with Gasteiger partial charge in [-0.25, -0.2) is 13.2 Å². The van der Waals surface area contributed by atoms with Crippen LogP contribution >= 0.6 is 23.4 Å². The van der Waals surface area contributed by atoms with E-state index in [-0.39, 0.29) is 11.5 Å². The molecular weight excluding hydrogens is 611 g/mol. The number of nitrogens with zero attached hydrogens (tertiary/aromatic N) is 1. The lowest BCUT2D eigenvalue weighted by Crippen LogP contribution is -2.34. The molecule has 0 saturated carbocycles. The Labute approximate surface area is 253 Å². The van der Waals surface area contributed by atoms with Gasteiger partial charge in [0.15, 0.2) is 6.61 Å². The Hall–Kier alpha value is -2.73. The van der Waals surface area contributed by atoms with Crippen molar-refractivity contribution < 1.29 is 35.9 Å². The molecule has 1 aliphatic carbocycles. The van der Waals surface area contributed by atoms with Crippen molar-refractivity contribution in [3.8, 4) is 5.75 Å². The molecule has 0 N–H and O–H groups in total. The number of benzene rings is 3. The highest BCUT2D eigenvalue weighted by molar-refractivity contribution is 7.99. The van der Waals surface area contributed by atoms with Gasteiger partial charge in [-0.2, -0.15) is 17.5 Å². The van der Waals surface area contributed by atoms with Crippen LogP contribution in [0.4, 0.5) is 13.2 Å². The minimum absolute atomic E-state index is 0.126. The van der Waals surface area contributed by atoms with E-state index in [0.29, 0.717) is 46.6 Å². The molecule has 0 radical (unpaired) electrons. The molecule has 12 heteroatoms. The lowest BCUT2D eigenvalue weighted by molar-refractivity contribution is -0.157. The Bertz CT molecular complexity index is 1550. The topological polar surface area (TPSA) is 72.9 Å². The quantitative estimate of drug-likeness (QED) is 0.233. The van der Waals surface area contributed by atoms with Crippen LogP contribution in [-0.4, -0.2) is 37.9 Å². The molecule has 1 atom stereocenters. The van der Waals surface area contributed by atoms with Crippen molar-refractivity contribution in [3.05, 3.63) is 82.4 Å². The highest BCUT2D eigenvalue weighted by atomic mass is 35.5. The third-order valence-electron chi connectivity index (χ3n) is 6.57. The molecule has 4 rings (SSSR count). The van der Waals surface area contributed by atoms with Crippen LogP contribution in [0.3, 0.4) is 0 Å². The second kappa shape index (κ2) is 12.5. The van der Waals surface area contributed by atoms with E-state index in [1.54, 1.807) is 63.2 Å². The zero-order chi connectivity index (χ0) is 30.9. The molecule has 3 aromatic carbocycles. The maximum Gasteiger partial charge on any atom is 0.416 e. The predicted molar refractivity (Wildman–Crippen MR) is 155 cm³/mol. The van der Waals surface area contributed by atoms with Gasteiger partial charge >= 0.3 is 12.1 Å². The van der Waals surface area contributed by atoms with Gasteiger partial charge in [-0.15, -0.1) is 0 Å². The van der Waals surface area contributed by atoms with Crippen molar-refractivity contribution in [2.45, 2.75) is 72.5 Å². The number of sulfonamides is 1. The Kier molecular flexibility index (Phi) is 9.56. The number of carbonyl (C=O) groups excluding carboxylic acids is 1. The van der Waals surface area contributed by atoms with E-state index in [4.69, 9.17) is 21.1 Å². The predicted octanol–water partition coefficient (Wildman–Crippen LogP) is 7.93. The first kappa shape index (κ1) is 32.2. The van der Waals surface area contributed by atoms with Crippen LogP contribution in [0.2, 0.25) is 5.02 Å². The average molecular weight is 642 g/mol. The van der Waals surface area contributed by atoms with Gasteiger partial charge in [0.25, 0.3) is 0 Å². The Morgan fingerprint density at radius 3 is 2.38 bits per heavy atom. The smallest absolute Gasteiger partial charge is 0.416 e. The van der Waals surface area contributed by atoms with E-state index in [2.05, 4.69) is 0 Å². The van der Waals surface area contributed by atoms with Crippen LogP contribution in [-0.2, 0) is 32.2 Å². The van der Waals surface area contributed by atoms with Gasteiger partial charge in [0, 0.05) is 21.9 Å². The van der Waals surface area contributed by atoms with Gasteiger partial charge in [-0.3, -0.25) is 0 Å². The standard InChI is InChI=1S/C30H31ClF3NO5S2/c1-29(2,3)40-28(36)18-39-27-10-6-7-24-25(27)8-5-9-26(24)35(4)42(37,38)23-16-19(30(32,33)34)15-22(17-23)41-21-13-11-20(31)12-14-21/h6-7,10-17,26H,5,8-9,18H2,1-4H3. The van der Waals surface area contributed by atoms with Crippen LogP contribution in [0.25, 0.3) is 0 Å². The minimum atomic E-state index is -4.75. The monoisotopic (exact) mass is 641 g/mol. The summed E-state index contributed by atoms with van der Waals surface area (Å²) in [5.74, 6) is -0.0986. The van der Waals surface area contributed by atoms with E-state index in [0.717, 1.165) is 27.7 Å². The highest BCUT2D eigenvalue weighted by Gasteiger charge is 2.37. The molecule has 6 nitrogen and oxygen atoms in total. The second-order valence-electron chi connectivity index (χ2n) is 10.9. The van der Waals surface area contributed by atoms with Gasteiger partial charge in [0.2, 0.25) is 10.0 Å². The zero-order valence-electron chi connectivity index (χ0n) is 23.5. The normalized spacial score (nSPS) is 15.8. The fourth-order valence-electron chi connectivity index (χ4n) is 4.73. The summed E-state index contributed by atoms with van der Waals surface area (Å²) in [7, 11) is -2.99. The molecule has 42 heavy (non-hydrogen) atoms. The molecule has 0 aliphatic heterocycles. The first-order valence-corrected chi connectivity index (χ1v) is 15.8. The fourth-order valence-corrected chi connectivity index (χ4v) is 7.28. The van der Waals surface area contributed by atoms with Crippen molar-refractivity contribution in [1.82, 2.24) is 4.31 Å².